The molecular weight excluding hydrogens is 221 g/mol. The molecule has 0 fully saturated rings. The van der Waals surface area contributed by atoms with Crippen molar-refractivity contribution < 1.29 is 14.2 Å². The first-order valence-electron chi connectivity index (χ1n) is 5.90. The molecule has 0 aromatic heterocycles. The molecular formula is C13H20FNO2. The highest BCUT2D eigenvalue weighted by Crippen LogP contribution is 2.18. The molecule has 0 aliphatic rings. The van der Waals surface area contributed by atoms with E-state index in [4.69, 9.17) is 9.84 Å². The molecule has 96 valence electrons. The van der Waals surface area contributed by atoms with Crippen molar-refractivity contribution in [1.29, 1.82) is 0 Å². The molecule has 3 nitrogen and oxygen atoms in total. The fraction of sp³-hybridized carbons (Fsp3) is 0.538. The first kappa shape index (κ1) is 13.9. The van der Waals surface area contributed by atoms with E-state index in [1.54, 1.807) is 12.1 Å². The summed E-state index contributed by atoms with van der Waals surface area (Å²) in [5.74, 6) is -0.135. The number of halogens is 1. The Morgan fingerprint density at radius 1 is 1.47 bits per heavy atom. The van der Waals surface area contributed by atoms with Crippen LogP contribution in [0.15, 0.2) is 18.2 Å². The number of rotatable bonds is 7. The number of nitrogens with one attached hydrogen (secondary N) is 1. The van der Waals surface area contributed by atoms with Crippen LogP contribution >= 0.6 is 0 Å². The zero-order chi connectivity index (χ0) is 12.7. The summed E-state index contributed by atoms with van der Waals surface area (Å²) in [4.78, 5) is 0. The van der Waals surface area contributed by atoms with Crippen molar-refractivity contribution in [2.75, 3.05) is 19.8 Å². The Hall–Kier alpha value is -1.13. The van der Waals surface area contributed by atoms with Gasteiger partial charge in [0.15, 0.2) is 11.6 Å². The van der Waals surface area contributed by atoms with Gasteiger partial charge in [0, 0.05) is 0 Å². The lowest BCUT2D eigenvalue weighted by Crippen LogP contribution is -2.38. The molecule has 1 unspecified atom stereocenters. The molecule has 0 heterocycles. The lowest BCUT2D eigenvalue weighted by atomic mass is 10.2. The summed E-state index contributed by atoms with van der Waals surface area (Å²) in [6.45, 7) is 4.98. The number of hydrogen-bond donors (Lipinski definition) is 2. The third-order valence-electron chi connectivity index (χ3n) is 2.43. The van der Waals surface area contributed by atoms with Gasteiger partial charge in [-0.25, -0.2) is 4.39 Å². The predicted octanol–water partition coefficient (Wildman–Crippen LogP) is 1.87. The number of hydrogen-bond acceptors (Lipinski definition) is 3. The summed E-state index contributed by atoms with van der Waals surface area (Å²) < 4.78 is 18.7. The molecule has 0 saturated carbocycles. The molecule has 0 aliphatic carbocycles. The maximum atomic E-state index is 13.4. The van der Waals surface area contributed by atoms with Crippen molar-refractivity contribution in [1.82, 2.24) is 5.32 Å². The van der Waals surface area contributed by atoms with Gasteiger partial charge in [-0.1, -0.05) is 13.0 Å². The predicted molar refractivity (Wildman–Crippen MR) is 65.8 cm³/mol. The van der Waals surface area contributed by atoms with Crippen molar-refractivity contribution in [3.05, 3.63) is 29.6 Å². The Labute approximate surface area is 102 Å². The second-order valence-corrected chi connectivity index (χ2v) is 4.08. The van der Waals surface area contributed by atoms with Gasteiger partial charge in [-0.15, -0.1) is 0 Å². The first-order chi connectivity index (χ1) is 8.17. The third-order valence-corrected chi connectivity index (χ3v) is 2.43. The van der Waals surface area contributed by atoms with E-state index in [1.807, 2.05) is 13.8 Å². The minimum absolute atomic E-state index is 0.0204. The van der Waals surface area contributed by atoms with E-state index in [1.165, 1.54) is 6.07 Å². The summed E-state index contributed by atoms with van der Waals surface area (Å²) in [5.41, 5.74) is 0.948. The number of aryl methyl sites for hydroxylation is 1. The second kappa shape index (κ2) is 7.25. The largest absolute Gasteiger partial charge is 0.489 e. The monoisotopic (exact) mass is 241 g/mol. The van der Waals surface area contributed by atoms with Crippen LogP contribution in [0, 0.1) is 12.7 Å². The van der Waals surface area contributed by atoms with E-state index in [2.05, 4.69) is 5.32 Å². The molecule has 1 rings (SSSR count). The van der Waals surface area contributed by atoms with E-state index < -0.39 is 0 Å². The van der Waals surface area contributed by atoms with Crippen molar-refractivity contribution in [2.45, 2.75) is 26.3 Å². The Balaban J connectivity index is 2.50. The maximum Gasteiger partial charge on any atom is 0.165 e. The highest BCUT2D eigenvalue weighted by molar-refractivity contribution is 5.29. The van der Waals surface area contributed by atoms with E-state index >= 15 is 0 Å². The molecule has 2 N–H and O–H groups in total. The van der Waals surface area contributed by atoms with E-state index in [0.29, 0.717) is 0 Å². The lowest BCUT2D eigenvalue weighted by Gasteiger charge is -2.17. The Kier molecular flexibility index (Phi) is 5.94. The van der Waals surface area contributed by atoms with Gasteiger partial charge >= 0.3 is 0 Å². The lowest BCUT2D eigenvalue weighted by molar-refractivity contribution is 0.180. The highest BCUT2D eigenvalue weighted by atomic mass is 19.1. The summed E-state index contributed by atoms with van der Waals surface area (Å²) in [6.07, 6.45) is 0.981. The standard InChI is InChI=1S/C13H20FNO2/c1-3-6-15-11(8-16)9-17-13-7-10(2)4-5-12(13)14/h4-5,7,11,15-16H,3,6,8-9H2,1-2H3. The summed E-state index contributed by atoms with van der Waals surface area (Å²) in [6, 6.07) is 4.58. The highest BCUT2D eigenvalue weighted by Gasteiger charge is 2.09. The van der Waals surface area contributed by atoms with Crippen LogP contribution < -0.4 is 10.1 Å². The van der Waals surface area contributed by atoms with Gasteiger partial charge in [0.25, 0.3) is 0 Å². The average Bonchev–Trinajstić information content (AvgIpc) is 2.33. The smallest absolute Gasteiger partial charge is 0.165 e. The normalized spacial score (nSPS) is 12.5. The summed E-state index contributed by atoms with van der Waals surface area (Å²) >= 11 is 0. The van der Waals surface area contributed by atoms with Crippen LogP contribution in [0.4, 0.5) is 4.39 Å². The number of ether oxygens (including phenoxy) is 1. The van der Waals surface area contributed by atoms with Crippen LogP contribution in [0.5, 0.6) is 5.75 Å². The zero-order valence-corrected chi connectivity index (χ0v) is 10.4. The molecule has 0 amide bonds. The maximum absolute atomic E-state index is 13.4. The molecule has 0 bridgehead atoms. The average molecular weight is 241 g/mol. The van der Waals surface area contributed by atoms with Gasteiger partial charge in [0.2, 0.25) is 0 Å². The molecule has 17 heavy (non-hydrogen) atoms. The van der Waals surface area contributed by atoms with Gasteiger partial charge in [0.05, 0.1) is 12.6 Å². The molecule has 1 atom stereocenters. The minimum Gasteiger partial charge on any atom is -0.489 e. The number of benzene rings is 1. The van der Waals surface area contributed by atoms with Crippen LogP contribution in [0.3, 0.4) is 0 Å². The minimum atomic E-state index is -0.372. The van der Waals surface area contributed by atoms with Crippen molar-refractivity contribution in [3.63, 3.8) is 0 Å². The molecule has 4 heteroatoms. The van der Waals surface area contributed by atoms with Crippen molar-refractivity contribution >= 4 is 0 Å². The number of aliphatic hydroxyl groups excluding tert-OH is 1. The van der Waals surface area contributed by atoms with Crippen molar-refractivity contribution in [3.8, 4) is 5.75 Å². The van der Waals surface area contributed by atoms with E-state index in [-0.39, 0.29) is 30.8 Å². The first-order valence-corrected chi connectivity index (χ1v) is 5.90. The van der Waals surface area contributed by atoms with Gasteiger partial charge < -0.3 is 15.2 Å². The summed E-state index contributed by atoms with van der Waals surface area (Å²) in [5, 5.41) is 12.2. The molecule has 0 spiro atoms. The molecule has 0 saturated heterocycles. The molecule has 0 radical (unpaired) electrons. The zero-order valence-electron chi connectivity index (χ0n) is 10.4. The number of aliphatic hydroxyl groups is 1. The SMILES string of the molecule is CCCNC(CO)COc1cc(C)ccc1F. The topological polar surface area (TPSA) is 41.5 Å². The van der Waals surface area contributed by atoms with Crippen LogP contribution in [-0.4, -0.2) is 30.9 Å². The van der Waals surface area contributed by atoms with Crippen molar-refractivity contribution in [2.24, 2.45) is 0 Å². The Morgan fingerprint density at radius 3 is 2.88 bits per heavy atom. The van der Waals surface area contributed by atoms with Crippen LogP contribution in [0.25, 0.3) is 0 Å². The van der Waals surface area contributed by atoms with Gasteiger partial charge in [-0.05, 0) is 37.6 Å². The Bertz CT molecular complexity index is 344. The summed E-state index contributed by atoms with van der Waals surface area (Å²) in [7, 11) is 0. The molecule has 0 aliphatic heterocycles. The van der Waals surface area contributed by atoms with Gasteiger partial charge in [-0.3, -0.25) is 0 Å². The fourth-order valence-electron chi connectivity index (χ4n) is 1.44. The van der Waals surface area contributed by atoms with Crippen LogP contribution in [-0.2, 0) is 0 Å². The van der Waals surface area contributed by atoms with Crippen LogP contribution in [0.2, 0.25) is 0 Å². The quantitative estimate of drug-likeness (QED) is 0.765. The van der Waals surface area contributed by atoms with E-state index in [9.17, 15) is 4.39 Å². The second-order valence-electron chi connectivity index (χ2n) is 4.08. The Morgan fingerprint density at radius 2 is 2.24 bits per heavy atom. The van der Waals surface area contributed by atoms with Gasteiger partial charge in [0.1, 0.15) is 6.61 Å². The fourth-order valence-corrected chi connectivity index (χ4v) is 1.44. The molecule has 1 aromatic carbocycles. The van der Waals surface area contributed by atoms with Gasteiger partial charge in [-0.2, -0.15) is 0 Å². The van der Waals surface area contributed by atoms with E-state index in [0.717, 1.165) is 18.5 Å². The van der Waals surface area contributed by atoms with Crippen LogP contribution in [0.1, 0.15) is 18.9 Å². The third kappa shape index (κ3) is 4.71. The molecule has 1 aromatic rings.